The van der Waals surface area contributed by atoms with Gasteiger partial charge in [0, 0.05) is 5.54 Å². The molecule has 0 amide bonds. The molecule has 0 radical (unpaired) electrons. The molecule has 0 heterocycles. The standard InChI is InChI=1S/C13H25NO/c1-11-4-3-7-13(8-11,10-15)14-9-12-5-2-6-12/h11-12,14-15H,2-10H2,1H3. The zero-order valence-corrected chi connectivity index (χ0v) is 9.97. The minimum Gasteiger partial charge on any atom is -0.394 e. The topological polar surface area (TPSA) is 32.3 Å². The summed E-state index contributed by atoms with van der Waals surface area (Å²) in [4.78, 5) is 0. The Morgan fingerprint density at radius 2 is 2.07 bits per heavy atom. The Balaban J connectivity index is 1.82. The minimum atomic E-state index is 0.0628. The summed E-state index contributed by atoms with van der Waals surface area (Å²) < 4.78 is 0. The van der Waals surface area contributed by atoms with Crippen LogP contribution in [-0.2, 0) is 0 Å². The van der Waals surface area contributed by atoms with E-state index in [-0.39, 0.29) is 5.54 Å². The molecule has 2 aliphatic rings. The van der Waals surface area contributed by atoms with Crippen LogP contribution in [0.15, 0.2) is 0 Å². The summed E-state index contributed by atoms with van der Waals surface area (Å²) in [5, 5.41) is 13.3. The first-order chi connectivity index (χ1) is 7.24. The number of aliphatic hydroxyl groups is 1. The van der Waals surface area contributed by atoms with Crippen molar-refractivity contribution in [2.45, 2.75) is 57.4 Å². The Morgan fingerprint density at radius 3 is 2.60 bits per heavy atom. The lowest BCUT2D eigenvalue weighted by Gasteiger charge is -2.41. The first kappa shape index (κ1) is 11.4. The van der Waals surface area contributed by atoms with Crippen molar-refractivity contribution in [1.29, 1.82) is 0 Å². The van der Waals surface area contributed by atoms with Gasteiger partial charge in [-0.25, -0.2) is 0 Å². The van der Waals surface area contributed by atoms with Crippen LogP contribution >= 0.6 is 0 Å². The van der Waals surface area contributed by atoms with Crippen LogP contribution < -0.4 is 5.32 Å². The maximum absolute atomic E-state index is 9.60. The third kappa shape index (κ3) is 2.73. The molecule has 2 N–H and O–H groups in total. The highest BCUT2D eigenvalue weighted by Gasteiger charge is 2.34. The molecule has 0 bridgehead atoms. The molecule has 0 saturated heterocycles. The predicted octanol–water partition coefficient (Wildman–Crippen LogP) is 2.32. The number of rotatable bonds is 4. The van der Waals surface area contributed by atoms with Gasteiger partial charge in [-0.2, -0.15) is 0 Å². The van der Waals surface area contributed by atoms with Crippen molar-refractivity contribution in [3.8, 4) is 0 Å². The summed E-state index contributed by atoms with van der Waals surface area (Å²) in [6.07, 6.45) is 9.14. The molecule has 88 valence electrons. The van der Waals surface area contributed by atoms with E-state index in [1.54, 1.807) is 0 Å². The summed E-state index contributed by atoms with van der Waals surface area (Å²) in [6, 6.07) is 0. The SMILES string of the molecule is CC1CCCC(CO)(NCC2CCC2)C1. The molecule has 0 aromatic heterocycles. The predicted molar refractivity (Wildman–Crippen MR) is 62.8 cm³/mol. The van der Waals surface area contributed by atoms with E-state index in [9.17, 15) is 5.11 Å². The average molecular weight is 211 g/mol. The van der Waals surface area contributed by atoms with Crippen LogP contribution in [0.3, 0.4) is 0 Å². The molecule has 0 aliphatic heterocycles. The number of aliphatic hydroxyl groups excluding tert-OH is 1. The van der Waals surface area contributed by atoms with Gasteiger partial charge in [-0.3, -0.25) is 0 Å². The summed E-state index contributed by atoms with van der Waals surface area (Å²) >= 11 is 0. The van der Waals surface area contributed by atoms with Gasteiger partial charge in [0.2, 0.25) is 0 Å². The van der Waals surface area contributed by atoms with Gasteiger partial charge in [0.1, 0.15) is 0 Å². The van der Waals surface area contributed by atoms with Crippen molar-refractivity contribution in [3.63, 3.8) is 0 Å². The number of hydrogen-bond acceptors (Lipinski definition) is 2. The highest BCUT2D eigenvalue weighted by molar-refractivity contribution is 4.93. The van der Waals surface area contributed by atoms with E-state index in [0.29, 0.717) is 6.61 Å². The van der Waals surface area contributed by atoms with E-state index in [2.05, 4.69) is 12.2 Å². The molecule has 2 unspecified atom stereocenters. The lowest BCUT2D eigenvalue weighted by Crippen LogP contribution is -2.53. The largest absolute Gasteiger partial charge is 0.394 e. The van der Waals surface area contributed by atoms with Crippen molar-refractivity contribution in [1.82, 2.24) is 5.32 Å². The fourth-order valence-corrected chi connectivity index (χ4v) is 3.08. The van der Waals surface area contributed by atoms with Crippen molar-refractivity contribution in [3.05, 3.63) is 0 Å². The van der Waals surface area contributed by atoms with Gasteiger partial charge in [-0.05, 0) is 44.1 Å². The minimum absolute atomic E-state index is 0.0628. The van der Waals surface area contributed by atoms with Gasteiger partial charge in [-0.1, -0.05) is 26.2 Å². The first-order valence-corrected chi connectivity index (χ1v) is 6.60. The van der Waals surface area contributed by atoms with Crippen LogP contribution in [0.2, 0.25) is 0 Å². The Hall–Kier alpha value is -0.0800. The van der Waals surface area contributed by atoms with E-state index >= 15 is 0 Å². The maximum Gasteiger partial charge on any atom is 0.0613 e. The van der Waals surface area contributed by atoms with E-state index in [1.165, 1.54) is 38.5 Å². The van der Waals surface area contributed by atoms with Crippen LogP contribution in [0.5, 0.6) is 0 Å². The maximum atomic E-state index is 9.60. The van der Waals surface area contributed by atoms with Gasteiger partial charge in [0.15, 0.2) is 0 Å². The van der Waals surface area contributed by atoms with Crippen molar-refractivity contribution >= 4 is 0 Å². The lowest BCUT2D eigenvalue weighted by molar-refractivity contribution is 0.0902. The molecule has 2 saturated carbocycles. The summed E-state index contributed by atoms with van der Waals surface area (Å²) in [6.45, 7) is 3.77. The van der Waals surface area contributed by atoms with Crippen LogP contribution in [-0.4, -0.2) is 23.8 Å². The van der Waals surface area contributed by atoms with Crippen molar-refractivity contribution in [2.24, 2.45) is 11.8 Å². The van der Waals surface area contributed by atoms with Crippen molar-refractivity contribution < 1.29 is 5.11 Å². The van der Waals surface area contributed by atoms with Crippen LogP contribution in [0.1, 0.15) is 51.9 Å². The number of nitrogens with one attached hydrogen (secondary N) is 1. The van der Waals surface area contributed by atoms with Gasteiger partial charge < -0.3 is 10.4 Å². The molecule has 2 atom stereocenters. The van der Waals surface area contributed by atoms with Crippen LogP contribution in [0.4, 0.5) is 0 Å². The van der Waals surface area contributed by atoms with E-state index < -0.39 is 0 Å². The molecule has 2 nitrogen and oxygen atoms in total. The molecular formula is C13H25NO. The van der Waals surface area contributed by atoms with Crippen LogP contribution in [0.25, 0.3) is 0 Å². The summed E-state index contributed by atoms with van der Waals surface area (Å²) in [7, 11) is 0. The zero-order chi connectivity index (χ0) is 10.7. The Kier molecular flexibility index (Phi) is 3.68. The van der Waals surface area contributed by atoms with E-state index in [1.807, 2.05) is 0 Å². The zero-order valence-electron chi connectivity index (χ0n) is 9.97. The highest BCUT2D eigenvalue weighted by Crippen LogP contribution is 2.33. The third-order valence-electron chi connectivity index (χ3n) is 4.38. The normalized spacial score (nSPS) is 37.6. The average Bonchev–Trinajstić information content (AvgIpc) is 2.15. The smallest absolute Gasteiger partial charge is 0.0613 e. The molecule has 2 aliphatic carbocycles. The molecule has 0 spiro atoms. The molecule has 0 aromatic rings. The van der Waals surface area contributed by atoms with Crippen molar-refractivity contribution in [2.75, 3.05) is 13.2 Å². The second-order valence-electron chi connectivity index (χ2n) is 5.82. The monoisotopic (exact) mass is 211 g/mol. The fourth-order valence-electron chi connectivity index (χ4n) is 3.08. The number of hydrogen-bond donors (Lipinski definition) is 2. The van der Waals surface area contributed by atoms with E-state index in [4.69, 9.17) is 0 Å². The highest BCUT2D eigenvalue weighted by atomic mass is 16.3. The van der Waals surface area contributed by atoms with Crippen LogP contribution in [0, 0.1) is 11.8 Å². The summed E-state index contributed by atoms with van der Waals surface area (Å²) in [5.41, 5.74) is 0.0628. The fraction of sp³-hybridized carbons (Fsp3) is 1.00. The molecular weight excluding hydrogens is 186 g/mol. The lowest BCUT2D eigenvalue weighted by atomic mass is 9.76. The molecule has 2 heteroatoms. The Morgan fingerprint density at radius 1 is 1.27 bits per heavy atom. The molecule has 0 aromatic carbocycles. The van der Waals surface area contributed by atoms with Gasteiger partial charge in [0.25, 0.3) is 0 Å². The third-order valence-corrected chi connectivity index (χ3v) is 4.38. The second kappa shape index (κ2) is 4.84. The van der Waals surface area contributed by atoms with E-state index in [0.717, 1.165) is 24.8 Å². The molecule has 2 rings (SSSR count). The molecule has 2 fully saturated rings. The first-order valence-electron chi connectivity index (χ1n) is 6.60. The quantitative estimate of drug-likeness (QED) is 0.748. The Bertz CT molecular complexity index is 203. The second-order valence-corrected chi connectivity index (χ2v) is 5.82. The Labute approximate surface area is 93.5 Å². The van der Waals surface area contributed by atoms with Gasteiger partial charge in [-0.15, -0.1) is 0 Å². The van der Waals surface area contributed by atoms with Gasteiger partial charge in [0.05, 0.1) is 6.61 Å². The summed E-state index contributed by atoms with van der Waals surface area (Å²) in [5.74, 6) is 1.67. The molecule has 15 heavy (non-hydrogen) atoms. The van der Waals surface area contributed by atoms with Gasteiger partial charge >= 0.3 is 0 Å².